The first-order chi connectivity index (χ1) is 17.2. The molecule has 188 valence electrons. The number of piperidine rings is 1. The van der Waals surface area contributed by atoms with Crippen LogP contribution in [0, 0.1) is 23.7 Å². The minimum absolute atomic E-state index is 0.00516. The van der Waals surface area contributed by atoms with Crippen molar-refractivity contribution in [3.8, 4) is 29.4 Å². The van der Waals surface area contributed by atoms with Crippen molar-refractivity contribution in [2.24, 2.45) is 5.73 Å². The summed E-state index contributed by atoms with van der Waals surface area (Å²) in [5, 5.41) is 12.9. The number of nitrogens with two attached hydrogens (primary N) is 1. The van der Waals surface area contributed by atoms with Crippen molar-refractivity contribution >= 4 is 11.9 Å². The zero-order valence-corrected chi connectivity index (χ0v) is 21.1. The molecule has 0 aliphatic carbocycles. The third-order valence-corrected chi connectivity index (χ3v) is 5.98. The van der Waals surface area contributed by atoms with E-state index in [1.165, 1.54) is 44.1 Å². The lowest BCUT2D eigenvalue weighted by atomic mass is 9.95. The molecular formula is C29H33N3O4. The van der Waals surface area contributed by atoms with Crippen LogP contribution < -0.4 is 11.1 Å². The third kappa shape index (κ3) is 7.61. The molecule has 36 heavy (non-hydrogen) atoms. The third-order valence-electron chi connectivity index (χ3n) is 5.98. The number of ether oxygens (including phenoxy) is 1. The molecule has 1 aliphatic rings. The summed E-state index contributed by atoms with van der Waals surface area (Å²) >= 11 is 0. The van der Waals surface area contributed by atoms with E-state index in [0.29, 0.717) is 5.56 Å². The first-order valence-electron chi connectivity index (χ1n) is 12.0. The Bertz CT molecular complexity index is 1200. The number of nitrogens with one attached hydrogen (secondary N) is 1. The predicted molar refractivity (Wildman–Crippen MR) is 139 cm³/mol. The van der Waals surface area contributed by atoms with Crippen LogP contribution in [0.2, 0.25) is 0 Å². The van der Waals surface area contributed by atoms with Crippen molar-refractivity contribution < 1.29 is 19.4 Å². The zero-order chi connectivity index (χ0) is 26.1. The van der Waals surface area contributed by atoms with Crippen molar-refractivity contribution in [3.63, 3.8) is 0 Å². The normalized spacial score (nSPS) is 14.4. The number of benzene rings is 2. The maximum atomic E-state index is 12.6. The van der Waals surface area contributed by atoms with Gasteiger partial charge in [0.2, 0.25) is 0 Å². The second-order valence-electron chi connectivity index (χ2n) is 9.52. The fourth-order valence-electron chi connectivity index (χ4n) is 3.95. The average molecular weight is 488 g/mol. The second kappa shape index (κ2) is 12.3. The Balaban J connectivity index is 1.62. The van der Waals surface area contributed by atoms with Crippen molar-refractivity contribution in [1.29, 1.82) is 0 Å². The Hall–Kier alpha value is -3.78. The number of amides is 1. The first kappa shape index (κ1) is 26.8. The van der Waals surface area contributed by atoms with Crippen LogP contribution in [0.15, 0.2) is 42.5 Å². The van der Waals surface area contributed by atoms with Gasteiger partial charge in [0.25, 0.3) is 5.91 Å². The van der Waals surface area contributed by atoms with Gasteiger partial charge in [-0.05, 0) is 87.5 Å². The van der Waals surface area contributed by atoms with Crippen LogP contribution in [0.5, 0.6) is 5.75 Å². The van der Waals surface area contributed by atoms with Gasteiger partial charge in [-0.25, -0.2) is 4.79 Å². The number of hydrogen-bond acceptors (Lipinski definition) is 6. The van der Waals surface area contributed by atoms with E-state index < -0.39 is 23.5 Å². The number of phenolic OH excluding ortho intramolecular Hbond substituents is 1. The predicted octanol–water partition coefficient (Wildman–Crippen LogP) is 2.79. The molecule has 0 spiro atoms. The van der Waals surface area contributed by atoms with Gasteiger partial charge in [0.05, 0.1) is 12.7 Å². The molecule has 1 heterocycles. The minimum atomic E-state index is -1.08. The highest BCUT2D eigenvalue weighted by Crippen LogP contribution is 2.19. The molecular weight excluding hydrogens is 454 g/mol. The van der Waals surface area contributed by atoms with Crippen LogP contribution in [-0.2, 0) is 16.1 Å². The Kier molecular flexibility index (Phi) is 9.13. The molecule has 0 radical (unpaired) electrons. The van der Waals surface area contributed by atoms with E-state index in [4.69, 9.17) is 10.5 Å². The highest BCUT2D eigenvalue weighted by molar-refractivity contribution is 5.99. The van der Waals surface area contributed by atoms with Crippen molar-refractivity contribution in [2.75, 3.05) is 20.2 Å². The molecule has 0 unspecified atom stereocenters. The zero-order valence-electron chi connectivity index (χ0n) is 21.1. The molecule has 3 rings (SSSR count). The highest BCUT2D eigenvalue weighted by atomic mass is 16.5. The van der Waals surface area contributed by atoms with E-state index in [2.05, 4.69) is 46.0 Å². The lowest BCUT2D eigenvalue weighted by Gasteiger charge is -2.28. The minimum Gasteiger partial charge on any atom is -0.507 e. The fraction of sp³-hybridized carbons (Fsp3) is 0.379. The smallest absolute Gasteiger partial charge is 0.330 e. The van der Waals surface area contributed by atoms with Gasteiger partial charge in [-0.2, -0.15) is 0 Å². The summed E-state index contributed by atoms with van der Waals surface area (Å²) in [6.07, 6.45) is 3.88. The van der Waals surface area contributed by atoms with E-state index in [-0.39, 0.29) is 11.3 Å². The maximum Gasteiger partial charge on any atom is 0.330 e. The standard InChI is InChI=1S/C29H33N3O4/c1-29(2,30)26(28(35)36-3)31-27(34)24-16-15-22(19-25(24)33)10-6-5-9-21-11-13-23(14-12-21)20-32-17-7-4-8-18-32/h11-16,19,26,33H,4,7-8,17-18,20,30H2,1-3H3,(H,31,34)/t26-/m1/s1. The Morgan fingerprint density at radius 3 is 2.25 bits per heavy atom. The maximum absolute atomic E-state index is 12.6. The molecule has 2 aromatic carbocycles. The molecule has 0 aromatic heterocycles. The highest BCUT2D eigenvalue weighted by Gasteiger charge is 2.34. The van der Waals surface area contributed by atoms with Gasteiger partial charge in [0.15, 0.2) is 0 Å². The Morgan fingerprint density at radius 2 is 1.67 bits per heavy atom. The van der Waals surface area contributed by atoms with E-state index in [1.807, 2.05) is 12.1 Å². The molecule has 0 bridgehead atoms. The number of carbonyl (C=O) groups is 2. The van der Waals surface area contributed by atoms with Crippen molar-refractivity contribution in [2.45, 2.75) is 51.2 Å². The van der Waals surface area contributed by atoms with Gasteiger partial charge in [-0.3, -0.25) is 9.69 Å². The lowest BCUT2D eigenvalue weighted by Crippen LogP contribution is -2.59. The summed E-state index contributed by atoms with van der Waals surface area (Å²) in [6.45, 7) is 6.49. The molecule has 1 atom stereocenters. The Labute approximate surface area is 213 Å². The van der Waals surface area contributed by atoms with E-state index in [1.54, 1.807) is 19.9 Å². The van der Waals surface area contributed by atoms with Crippen LogP contribution in [0.1, 0.15) is 60.2 Å². The number of rotatable bonds is 6. The largest absolute Gasteiger partial charge is 0.507 e. The molecule has 1 amide bonds. The lowest BCUT2D eigenvalue weighted by molar-refractivity contribution is -0.144. The van der Waals surface area contributed by atoms with E-state index >= 15 is 0 Å². The van der Waals surface area contributed by atoms with Gasteiger partial charge >= 0.3 is 5.97 Å². The topological polar surface area (TPSA) is 105 Å². The number of phenols is 1. The molecule has 0 saturated carbocycles. The Morgan fingerprint density at radius 1 is 1.06 bits per heavy atom. The first-order valence-corrected chi connectivity index (χ1v) is 12.0. The van der Waals surface area contributed by atoms with Gasteiger partial charge in [-0.1, -0.05) is 30.4 Å². The van der Waals surface area contributed by atoms with Crippen LogP contribution in [-0.4, -0.2) is 53.7 Å². The van der Waals surface area contributed by atoms with Crippen molar-refractivity contribution in [1.82, 2.24) is 10.2 Å². The quantitative estimate of drug-likeness (QED) is 0.428. The molecule has 4 N–H and O–H groups in total. The number of esters is 1. The SMILES string of the molecule is COC(=O)[C@@H](NC(=O)c1ccc(C#CC#Cc2ccc(CN3CCCCC3)cc2)cc1O)C(C)(C)N. The summed E-state index contributed by atoms with van der Waals surface area (Å²) in [5.74, 6) is 9.89. The molecule has 1 aliphatic heterocycles. The molecule has 7 heteroatoms. The summed E-state index contributed by atoms with van der Waals surface area (Å²) in [6, 6.07) is 11.5. The van der Waals surface area contributed by atoms with Crippen LogP contribution in [0.25, 0.3) is 0 Å². The summed E-state index contributed by atoms with van der Waals surface area (Å²) in [5.41, 5.74) is 7.58. The number of carbonyl (C=O) groups excluding carboxylic acids is 2. The summed E-state index contributed by atoms with van der Waals surface area (Å²) in [4.78, 5) is 27.1. The van der Waals surface area contributed by atoms with Crippen LogP contribution >= 0.6 is 0 Å². The van der Waals surface area contributed by atoms with E-state index in [0.717, 1.165) is 25.2 Å². The van der Waals surface area contributed by atoms with Gasteiger partial charge in [0, 0.05) is 23.2 Å². The van der Waals surface area contributed by atoms with Crippen molar-refractivity contribution in [3.05, 3.63) is 64.7 Å². The molecule has 1 fully saturated rings. The number of methoxy groups -OCH3 is 1. The monoisotopic (exact) mass is 487 g/mol. The van der Waals surface area contributed by atoms with Gasteiger partial charge in [-0.15, -0.1) is 0 Å². The van der Waals surface area contributed by atoms with Crippen LogP contribution in [0.3, 0.4) is 0 Å². The number of hydrogen-bond donors (Lipinski definition) is 3. The van der Waals surface area contributed by atoms with Gasteiger partial charge < -0.3 is 20.9 Å². The number of nitrogens with zero attached hydrogens (tertiary/aromatic N) is 1. The van der Waals surface area contributed by atoms with Gasteiger partial charge in [0.1, 0.15) is 11.8 Å². The van der Waals surface area contributed by atoms with Crippen LogP contribution in [0.4, 0.5) is 0 Å². The average Bonchev–Trinajstić information content (AvgIpc) is 2.85. The fourth-order valence-corrected chi connectivity index (χ4v) is 3.95. The summed E-state index contributed by atoms with van der Waals surface area (Å²) in [7, 11) is 1.21. The number of aromatic hydroxyl groups is 1. The summed E-state index contributed by atoms with van der Waals surface area (Å²) < 4.78 is 4.72. The second-order valence-corrected chi connectivity index (χ2v) is 9.52. The molecule has 1 saturated heterocycles. The molecule has 7 nitrogen and oxygen atoms in total. The van der Waals surface area contributed by atoms with E-state index in [9.17, 15) is 14.7 Å². The number of likely N-dealkylation sites (tertiary alicyclic amines) is 1. The molecule has 2 aromatic rings.